The molecule has 2 aromatic carbocycles. The molecule has 0 saturated heterocycles. The maximum Gasteiger partial charge on any atom is 0.136 e. The predicted molar refractivity (Wildman–Crippen MR) is 70.9 cm³/mol. The number of rotatable bonds is 2. The van der Waals surface area contributed by atoms with Gasteiger partial charge in [-0.05, 0) is 30.2 Å². The molecule has 0 aliphatic rings. The summed E-state index contributed by atoms with van der Waals surface area (Å²) < 4.78 is 28.1. The molecule has 0 aliphatic heterocycles. The number of hydrogen-bond donors (Lipinski definition) is 0. The molecule has 0 radical (unpaired) electrons. The van der Waals surface area contributed by atoms with Crippen molar-refractivity contribution in [3.63, 3.8) is 0 Å². The Balaban J connectivity index is 2.63. The Morgan fingerprint density at radius 3 is 2.00 bits per heavy atom. The fourth-order valence-electron chi connectivity index (χ4n) is 1.93. The van der Waals surface area contributed by atoms with Gasteiger partial charge in [0.05, 0.1) is 5.56 Å². The molecule has 3 heteroatoms. The van der Waals surface area contributed by atoms with E-state index in [-0.39, 0.29) is 5.56 Å². The monoisotopic (exact) mass is 247 g/mol. The molecule has 0 saturated carbocycles. The molecule has 2 aromatic rings. The molecule has 1 nitrogen and oxygen atoms in total. The van der Waals surface area contributed by atoms with Gasteiger partial charge in [0.1, 0.15) is 11.6 Å². The van der Waals surface area contributed by atoms with E-state index in [1.807, 2.05) is 19.1 Å². The molecule has 0 amide bonds. The molecule has 0 atom stereocenters. The Hall–Kier alpha value is -1.90. The van der Waals surface area contributed by atoms with Gasteiger partial charge in [0, 0.05) is 19.8 Å². The van der Waals surface area contributed by atoms with Gasteiger partial charge in [0.15, 0.2) is 0 Å². The number of nitrogens with zero attached hydrogens (tertiary/aromatic N) is 1. The van der Waals surface area contributed by atoms with Crippen LogP contribution in [0.15, 0.2) is 36.4 Å². The fraction of sp³-hybridized carbons (Fsp3) is 0.200. The molecule has 0 aliphatic carbocycles. The summed E-state index contributed by atoms with van der Waals surface area (Å²) in [5, 5.41) is 0. The second-order valence-electron chi connectivity index (χ2n) is 4.49. The van der Waals surface area contributed by atoms with Crippen LogP contribution >= 0.6 is 0 Å². The zero-order valence-corrected chi connectivity index (χ0v) is 10.7. The summed E-state index contributed by atoms with van der Waals surface area (Å²) >= 11 is 0. The quantitative estimate of drug-likeness (QED) is 0.775. The lowest BCUT2D eigenvalue weighted by atomic mass is 9.99. The Morgan fingerprint density at radius 1 is 0.944 bits per heavy atom. The van der Waals surface area contributed by atoms with Crippen LogP contribution in [0, 0.1) is 18.6 Å². The first kappa shape index (κ1) is 12.6. The zero-order chi connectivity index (χ0) is 13.3. The van der Waals surface area contributed by atoms with Crippen molar-refractivity contribution in [1.29, 1.82) is 0 Å². The fourth-order valence-corrected chi connectivity index (χ4v) is 1.93. The SMILES string of the molecule is Cc1ccccc1-c1c(F)cc(N(C)C)cc1F. The molecule has 0 unspecified atom stereocenters. The molecule has 0 heterocycles. The Morgan fingerprint density at radius 2 is 1.50 bits per heavy atom. The van der Waals surface area contributed by atoms with E-state index in [2.05, 4.69) is 0 Å². The van der Waals surface area contributed by atoms with Crippen LogP contribution in [0.4, 0.5) is 14.5 Å². The van der Waals surface area contributed by atoms with Crippen molar-refractivity contribution in [2.75, 3.05) is 19.0 Å². The molecule has 0 fully saturated rings. The summed E-state index contributed by atoms with van der Waals surface area (Å²) in [6.07, 6.45) is 0. The summed E-state index contributed by atoms with van der Waals surface area (Å²) in [6, 6.07) is 9.90. The lowest BCUT2D eigenvalue weighted by Gasteiger charge is -2.15. The molecular formula is C15H15F2N. The largest absolute Gasteiger partial charge is 0.377 e. The first-order chi connectivity index (χ1) is 8.50. The summed E-state index contributed by atoms with van der Waals surface area (Å²) in [5.74, 6) is -1.07. The van der Waals surface area contributed by atoms with Gasteiger partial charge in [0.25, 0.3) is 0 Å². The van der Waals surface area contributed by atoms with E-state index in [0.717, 1.165) is 5.56 Å². The third kappa shape index (κ3) is 2.21. The molecule has 0 aromatic heterocycles. The van der Waals surface area contributed by atoms with Crippen molar-refractivity contribution in [3.05, 3.63) is 53.6 Å². The van der Waals surface area contributed by atoms with Crippen molar-refractivity contribution in [1.82, 2.24) is 0 Å². The number of aryl methyl sites for hydroxylation is 1. The van der Waals surface area contributed by atoms with E-state index in [1.165, 1.54) is 12.1 Å². The highest BCUT2D eigenvalue weighted by atomic mass is 19.1. The molecule has 2 rings (SSSR count). The van der Waals surface area contributed by atoms with Gasteiger partial charge < -0.3 is 4.90 Å². The first-order valence-corrected chi connectivity index (χ1v) is 5.73. The van der Waals surface area contributed by atoms with Gasteiger partial charge in [-0.25, -0.2) is 8.78 Å². The lowest BCUT2D eigenvalue weighted by molar-refractivity contribution is 0.589. The minimum Gasteiger partial charge on any atom is -0.377 e. The zero-order valence-electron chi connectivity index (χ0n) is 10.7. The average molecular weight is 247 g/mol. The number of hydrogen-bond acceptors (Lipinski definition) is 1. The van der Waals surface area contributed by atoms with Gasteiger partial charge in [-0.1, -0.05) is 24.3 Å². The van der Waals surface area contributed by atoms with Crippen molar-refractivity contribution in [2.45, 2.75) is 6.92 Å². The number of benzene rings is 2. The molecule has 0 spiro atoms. The highest BCUT2D eigenvalue weighted by Gasteiger charge is 2.15. The van der Waals surface area contributed by atoms with Gasteiger partial charge in [-0.3, -0.25) is 0 Å². The highest BCUT2D eigenvalue weighted by Crippen LogP contribution is 2.31. The van der Waals surface area contributed by atoms with Gasteiger partial charge in [0.2, 0.25) is 0 Å². The smallest absolute Gasteiger partial charge is 0.136 e. The van der Waals surface area contributed by atoms with Gasteiger partial charge in [-0.15, -0.1) is 0 Å². The van der Waals surface area contributed by atoms with Crippen LogP contribution in [0.1, 0.15) is 5.56 Å². The van der Waals surface area contributed by atoms with Crippen LogP contribution in [0.2, 0.25) is 0 Å². The highest BCUT2D eigenvalue weighted by molar-refractivity contribution is 5.70. The van der Waals surface area contributed by atoms with Crippen molar-refractivity contribution in [3.8, 4) is 11.1 Å². The molecular weight excluding hydrogens is 232 g/mol. The van der Waals surface area contributed by atoms with Gasteiger partial charge >= 0.3 is 0 Å². The van der Waals surface area contributed by atoms with Crippen molar-refractivity contribution < 1.29 is 8.78 Å². The van der Waals surface area contributed by atoms with Crippen molar-refractivity contribution >= 4 is 5.69 Å². The van der Waals surface area contributed by atoms with Crippen LogP contribution in [0.5, 0.6) is 0 Å². The standard InChI is InChI=1S/C15H15F2N/c1-10-6-4-5-7-12(10)15-13(16)8-11(18(2)3)9-14(15)17/h4-9H,1-3H3. The lowest BCUT2D eigenvalue weighted by Crippen LogP contribution is -2.09. The summed E-state index contributed by atoms with van der Waals surface area (Å²) in [5.41, 5.74) is 2.01. The molecule has 0 bridgehead atoms. The first-order valence-electron chi connectivity index (χ1n) is 5.73. The Labute approximate surface area is 106 Å². The topological polar surface area (TPSA) is 3.24 Å². The Kier molecular flexibility index (Phi) is 3.32. The summed E-state index contributed by atoms with van der Waals surface area (Å²) in [7, 11) is 3.50. The average Bonchev–Trinajstić information content (AvgIpc) is 2.30. The van der Waals surface area contributed by atoms with Gasteiger partial charge in [-0.2, -0.15) is 0 Å². The molecule has 94 valence electrons. The van der Waals surface area contributed by atoms with Crippen LogP contribution < -0.4 is 4.90 Å². The predicted octanol–water partition coefficient (Wildman–Crippen LogP) is 4.01. The van der Waals surface area contributed by atoms with Crippen LogP contribution in [0.25, 0.3) is 11.1 Å². The summed E-state index contributed by atoms with van der Waals surface area (Å²) in [6.45, 7) is 1.84. The minimum atomic E-state index is -0.534. The van der Waals surface area contributed by atoms with E-state index in [1.54, 1.807) is 31.1 Å². The maximum atomic E-state index is 14.1. The van der Waals surface area contributed by atoms with E-state index in [9.17, 15) is 8.78 Å². The second kappa shape index (κ2) is 4.77. The second-order valence-corrected chi connectivity index (χ2v) is 4.49. The Bertz CT molecular complexity index is 553. The van der Waals surface area contributed by atoms with Crippen molar-refractivity contribution in [2.24, 2.45) is 0 Å². The van der Waals surface area contributed by atoms with Crippen LogP contribution in [-0.2, 0) is 0 Å². The number of anilines is 1. The molecule has 0 N–H and O–H groups in total. The van der Waals surface area contributed by atoms with E-state index >= 15 is 0 Å². The third-order valence-electron chi connectivity index (χ3n) is 2.96. The maximum absolute atomic E-state index is 14.1. The van der Waals surface area contributed by atoms with E-state index in [4.69, 9.17) is 0 Å². The number of halogens is 2. The van der Waals surface area contributed by atoms with Crippen LogP contribution in [-0.4, -0.2) is 14.1 Å². The molecule has 18 heavy (non-hydrogen) atoms. The summed E-state index contributed by atoms with van der Waals surface area (Å²) in [4.78, 5) is 1.67. The third-order valence-corrected chi connectivity index (χ3v) is 2.96. The van der Waals surface area contributed by atoms with E-state index in [0.29, 0.717) is 11.3 Å². The minimum absolute atomic E-state index is 0.0405. The normalized spacial score (nSPS) is 10.5. The van der Waals surface area contributed by atoms with Crippen LogP contribution in [0.3, 0.4) is 0 Å². The van der Waals surface area contributed by atoms with E-state index < -0.39 is 11.6 Å².